The average Bonchev–Trinajstić information content (AvgIpc) is 2.37. The zero-order valence-corrected chi connectivity index (χ0v) is 11.8. The van der Waals surface area contributed by atoms with Gasteiger partial charge >= 0.3 is 0 Å². The molecule has 0 heterocycles. The summed E-state index contributed by atoms with van der Waals surface area (Å²) in [5, 5.41) is 14.2. The van der Waals surface area contributed by atoms with Crippen molar-refractivity contribution in [1.29, 1.82) is 0 Å². The summed E-state index contributed by atoms with van der Waals surface area (Å²) in [4.78, 5) is 10.4. The molecule has 19 heavy (non-hydrogen) atoms. The highest BCUT2D eigenvalue weighted by atomic mass is 16.6. The minimum atomic E-state index is -0.381. The quantitative estimate of drug-likeness (QED) is 0.446. The minimum Gasteiger partial charge on any atom is -0.493 e. The maximum Gasteiger partial charge on any atom is 0.276 e. The van der Waals surface area contributed by atoms with Crippen molar-refractivity contribution in [2.45, 2.75) is 27.2 Å². The Morgan fingerprint density at radius 2 is 2.21 bits per heavy atom. The van der Waals surface area contributed by atoms with E-state index in [0.29, 0.717) is 23.8 Å². The lowest BCUT2D eigenvalue weighted by Gasteiger charge is -2.15. The van der Waals surface area contributed by atoms with Crippen LogP contribution >= 0.6 is 0 Å². The lowest BCUT2D eigenvalue weighted by Crippen LogP contribution is -2.25. The normalized spacial score (nSPS) is 12.2. The van der Waals surface area contributed by atoms with Crippen LogP contribution in [0.2, 0.25) is 0 Å². The first kappa shape index (κ1) is 15.4. The highest BCUT2D eigenvalue weighted by Crippen LogP contribution is 2.27. The van der Waals surface area contributed by atoms with Crippen molar-refractivity contribution in [2.24, 2.45) is 5.92 Å². The predicted octanol–water partition coefficient (Wildman–Crippen LogP) is 2.92. The highest BCUT2D eigenvalue weighted by Gasteiger charge is 2.14. The first-order chi connectivity index (χ1) is 9.06. The molecular weight excluding hydrogens is 244 g/mol. The van der Waals surface area contributed by atoms with Crippen LogP contribution in [0, 0.1) is 23.0 Å². The van der Waals surface area contributed by atoms with Crippen molar-refractivity contribution in [2.75, 3.05) is 19.7 Å². The summed E-state index contributed by atoms with van der Waals surface area (Å²) < 4.78 is 5.68. The monoisotopic (exact) mass is 266 g/mol. The van der Waals surface area contributed by atoms with Gasteiger partial charge in [-0.3, -0.25) is 10.1 Å². The zero-order chi connectivity index (χ0) is 14.3. The molecule has 0 saturated carbocycles. The number of rotatable bonds is 8. The fourth-order valence-electron chi connectivity index (χ4n) is 1.77. The van der Waals surface area contributed by atoms with E-state index in [0.717, 1.165) is 19.5 Å². The molecule has 0 saturated heterocycles. The van der Waals surface area contributed by atoms with Gasteiger partial charge in [0.15, 0.2) is 0 Å². The van der Waals surface area contributed by atoms with Crippen molar-refractivity contribution in [1.82, 2.24) is 5.32 Å². The van der Waals surface area contributed by atoms with E-state index in [2.05, 4.69) is 19.2 Å². The SMILES string of the molecule is CCCNCC(C)COc1cccc([N+](=O)[O-])c1C. The largest absolute Gasteiger partial charge is 0.493 e. The molecule has 0 radical (unpaired) electrons. The molecule has 0 aliphatic rings. The van der Waals surface area contributed by atoms with E-state index < -0.39 is 0 Å². The van der Waals surface area contributed by atoms with E-state index in [1.54, 1.807) is 19.1 Å². The Kier molecular flexibility index (Phi) is 6.29. The number of nitrogens with one attached hydrogen (secondary N) is 1. The smallest absolute Gasteiger partial charge is 0.276 e. The number of ether oxygens (including phenoxy) is 1. The van der Waals surface area contributed by atoms with Crippen LogP contribution < -0.4 is 10.1 Å². The van der Waals surface area contributed by atoms with Crippen LogP contribution in [0.4, 0.5) is 5.69 Å². The molecule has 0 aliphatic heterocycles. The first-order valence-electron chi connectivity index (χ1n) is 6.63. The summed E-state index contributed by atoms with van der Waals surface area (Å²) in [6, 6.07) is 4.92. The molecule has 1 aromatic carbocycles. The third kappa shape index (κ3) is 4.87. The summed E-state index contributed by atoms with van der Waals surface area (Å²) >= 11 is 0. The third-order valence-corrected chi connectivity index (χ3v) is 2.90. The summed E-state index contributed by atoms with van der Waals surface area (Å²) in [6.45, 7) is 8.38. The summed E-state index contributed by atoms with van der Waals surface area (Å²) in [6.07, 6.45) is 1.11. The predicted molar refractivity (Wildman–Crippen MR) is 75.7 cm³/mol. The Labute approximate surface area is 114 Å². The highest BCUT2D eigenvalue weighted by molar-refractivity contribution is 5.48. The molecule has 1 unspecified atom stereocenters. The van der Waals surface area contributed by atoms with Gasteiger partial charge in [0, 0.05) is 18.5 Å². The van der Waals surface area contributed by atoms with Crippen LogP contribution in [0.3, 0.4) is 0 Å². The molecule has 1 rings (SSSR count). The number of hydrogen-bond donors (Lipinski definition) is 1. The number of hydrogen-bond acceptors (Lipinski definition) is 4. The molecule has 1 atom stereocenters. The van der Waals surface area contributed by atoms with Crippen LogP contribution in [-0.4, -0.2) is 24.6 Å². The Hall–Kier alpha value is -1.62. The van der Waals surface area contributed by atoms with E-state index in [4.69, 9.17) is 4.74 Å². The summed E-state index contributed by atoms with van der Waals surface area (Å²) in [5.74, 6) is 0.960. The molecule has 1 N–H and O–H groups in total. The Morgan fingerprint density at radius 3 is 2.84 bits per heavy atom. The number of nitro benzene ring substituents is 1. The van der Waals surface area contributed by atoms with E-state index >= 15 is 0 Å². The summed E-state index contributed by atoms with van der Waals surface area (Å²) in [7, 11) is 0. The fraction of sp³-hybridized carbons (Fsp3) is 0.571. The molecule has 0 spiro atoms. The van der Waals surface area contributed by atoms with Crippen LogP contribution in [-0.2, 0) is 0 Å². The molecule has 5 heteroatoms. The van der Waals surface area contributed by atoms with E-state index in [9.17, 15) is 10.1 Å². The van der Waals surface area contributed by atoms with Crippen LogP contribution in [0.1, 0.15) is 25.8 Å². The first-order valence-corrected chi connectivity index (χ1v) is 6.63. The van der Waals surface area contributed by atoms with Gasteiger partial charge < -0.3 is 10.1 Å². The second-order valence-electron chi connectivity index (χ2n) is 4.78. The van der Waals surface area contributed by atoms with Gasteiger partial charge in [0.2, 0.25) is 0 Å². The maximum atomic E-state index is 10.8. The van der Waals surface area contributed by atoms with Crippen LogP contribution in [0.25, 0.3) is 0 Å². The minimum absolute atomic E-state index is 0.106. The standard InChI is InChI=1S/C14H22N2O3/c1-4-8-15-9-11(2)10-19-14-7-5-6-13(12(14)3)16(17)18/h5-7,11,15H,4,8-10H2,1-3H3. The lowest BCUT2D eigenvalue weighted by atomic mass is 10.1. The molecule has 0 fully saturated rings. The molecule has 5 nitrogen and oxygen atoms in total. The molecule has 106 valence electrons. The Morgan fingerprint density at radius 1 is 1.47 bits per heavy atom. The Balaban J connectivity index is 2.53. The van der Waals surface area contributed by atoms with Gasteiger partial charge in [0.05, 0.1) is 17.1 Å². The molecule has 0 aliphatic carbocycles. The van der Waals surface area contributed by atoms with Gasteiger partial charge in [0.25, 0.3) is 5.69 Å². The molecule has 0 bridgehead atoms. The Bertz CT molecular complexity index is 421. The van der Waals surface area contributed by atoms with Crippen molar-refractivity contribution >= 4 is 5.69 Å². The molecular formula is C14H22N2O3. The van der Waals surface area contributed by atoms with Crippen molar-refractivity contribution in [3.63, 3.8) is 0 Å². The number of nitrogens with zero attached hydrogens (tertiary/aromatic N) is 1. The van der Waals surface area contributed by atoms with Gasteiger partial charge in [-0.2, -0.15) is 0 Å². The molecule has 0 aromatic heterocycles. The zero-order valence-electron chi connectivity index (χ0n) is 11.8. The van der Waals surface area contributed by atoms with E-state index in [-0.39, 0.29) is 10.6 Å². The van der Waals surface area contributed by atoms with Gasteiger partial charge in [0.1, 0.15) is 5.75 Å². The number of benzene rings is 1. The third-order valence-electron chi connectivity index (χ3n) is 2.90. The second kappa shape index (κ2) is 7.74. The molecule has 1 aromatic rings. The van der Waals surface area contributed by atoms with Crippen LogP contribution in [0.15, 0.2) is 18.2 Å². The van der Waals surface area contributed by atoms with E-state index in [1.807, 2.05) is 0 Å². The van der Waals surface area contributed by atoms with Crippen molar-refractivity contribution in [3.8, 4) is 5.75 Å². The topological polar surface area (TPSA) is 64.4 Å². The van der Waals surface area contributed by atoms with E-state index in [1.165, 1.54) is 6.07 Å². The van der Waals surface area contributed by atoms with Crippen molar-refractivity contribution in [3.05, 3.63) is 33.9 Å². The average molecular weight is 266 g/mol. The van der Waals surface area contributed by atoms with Crippen molar-refractivity contribution < 1.29 is 9.66 Å². The maximum absolute atomic E-state index is 10.8. The second-order valence-corrected chi connectivity index (χ2v) is 4.78. The molecule has 0 amide bonds. The summed E-state index contributed by atoms with van der Waals surface area (Å²) in [5.41, 5.74) is 0.690. The van der Waals surface area contributed by atoms with Crippen LogP contribution in [0.5, 0.6) is 5.75 Å². The fourth-order valence-corrected chi connectivity index (χ4v) is 1.77. The van der Waals surface area contributed by atoms with Gasteiger partial charge in [-0.05, 0) is 26.0 Å². The lowest BCUT2D eigenvalue weighted by molar-refractivity contribution is -0.385. The van der Waals surface area contributed by atoms with Gasteiger partial charge in [-0.25, -0.2) is 0 Å². The number of nitro groups is 1. The van der Waals surface area contributed by atoms with Gasteiger partial charge in [-0.1, -0.05) is 19.9 Å². The van der Waals surface area contributed by atoms with Gasteiger partial charge in [-0.15, -0.1) is 0 Å².